The first kappa shape index (κ1) is 25.9. The van der Waals surface area contributed by atoms with E-state index in [4.69, 9.17) is 4.74 Å². The summed E-state index contributed by atoms with van der Waals surface area (Å²) in [6, 6.07) is 31.4. The minimum absolute atomic E-state index is 0.0212. The molecule has 0 heterocycles. The average Bonchev–Trinajstić information content (AvgIpc) is 2.95. The third-order valence-electron chi connectivity index (χ3n) is 6.26. The van der Waals surface area contributed by atoms with Crippen LogP contribution in [0.4, 0.5) is 0 Å². The highest BCUT2D eigenvalue weighted by atomic mass is 16.5. The maximum Gasteiger partial charge on any atom is 0.196 e. The molecule has 1 aliphatic carbocycles. The van der Waals surface area contributed by atoms with Gasteiger partial charge in [-0.2, -0.15) is 0 Å². The number of hydrogen-bond acceptors (Lipinski definition) is 4. The number of hydrogen-bond donors (Lipinski definition) is 0. The molecule has 1 atom stereocenters. The molecule has 1 aliphatic rings. The number of Topliss-reactive ketones (excluding diaryl/α,β-unsaturated/α-hetero) is 1. The van der Waals surface area contributed by atoms with Crippen LogP contribution in [0.2, 0.25) is 0 Å². The Balaban J connectivity index is 0.000000175. The van der Waals surface area contributed by atoms with E-state index < -0.39 is 6.10 Å². The molecule has 0 spiro atoms. The summed E-state index contributed by atoms with van der Waals surface area (Å²) in [4.78, 5) is 37.1. The fourth-order valence-corrected chi connectivity index (χ4v) is 4.26. The second kappa shape index (κ2) is 12.2. The van der Waals surface area contributed by atoms with Crippen molar-refractivity contribution in [3.8, 4) is 0 Å². The standard InChI is InChI=1S/C18H20O2.C15H10O2/c1-2-3-14-20-18(16-12-8-5-9-13-16)17(19)15-10-6-4-7-11-15;1-9-6-7-12-13(8-9)15(17)11-5-3-2-4-10(11)14(12)16/h4-13,18H,2-3,14H2,1H3;2-8H,1H3. The van der Waals surface area contributed by atoms with Gasteiger partial charge in [-0.05, 0) is 25.0 Å². The molecule has 0 saturated heterocycles. The van der Waals surface area contributed by atoms with Crippen LogP contribution in [0.15, 0.2) is 103 Å². The summed E-state index contributed by atoms with van der Waals surface area (Å²) in [5.41, 5.74) is 4.65. The third kappa shape index (κ3) is 5.99. The highest BCUT2D eigenvalue weighted by molar-refractivity contribution is 6.28. The number of rotatable bonds is 7. The number of fused-ring (bicyclic) bond motifs is 2. The Morgan fingerprint density at radius 3 is 1.86 bits per heavy atom. The molecule has 0 fully saturated rings. The lowest BCUT2D eigenvalue weighted by Crippen LogP contribution is -2.20. The van der Waals surface area contributed by atoms with E-state index in [1.54, 1.807) is 36.4 Å². The van der Waals surface area contributed by atoms with Crippen molar-refractivity contribution in [3.63, 3.8) is 0 Å². The van der Waals surface area contributed by atoms with Crippen molar-refractivity contribution in [3.05, 3.63) is 142 Å². The molecule has 4 aromatic rings. The van der Waals surface area contributed by atoms with Crippen molar-refractivity contribution in [1.82, 2.24) is 0 Å². The summed E-state index contributed by atoms with van der Waals surface area (Å²) in [5, 5.41) is 0. The van der Waals surface area contributed by atoms with E-state index in [1.165, 1.54) is 0 Å². The molecular formula is C33H30O4. The lowest BCUT2D eigenvalue weighted by molar-refractivity contribution is 0.0395. The first-order chi connectivity index (χ1) is 18.0. The molecule has 0 aromatic heterocycles. The summed E-state index contributed by atoms with van der Waals surface area (Å²) in [6.07, 6.45) is 1.51. The SMILES string of the molecule is CCCCOC(C(=O)c1ccccc1)c1ccccc1.Cc1ccc2c(c1)C(=O)c1ccccc1C2=O. The van der Waals surface area contributed by atoms with Crippen molar-refractivity contribution >= 4 is 17.3 Å². The first-order valence-electron chi connectivity index (χ1n) is 12.6. The molecule has 0 N–H and O–H groups in total. The lowest BCUT2D eigenvalue weighted by Gasteiger charge is -2.17. The number of unbranched alkanes of at least 4 members (excludes halogenated alkanes) is 1. The van der Waals surface area contributed by atoms with Gasteiger partial charge in [0.25, 0.3) is 0 Å². The first-order valence-corrected chi connectivity index (χ1v) is 12.6. The molecule has 5 rings (SSSR count). The lowest BCUT2D eigenvalue weighted by atomic mass is 9.83. The van der Waals surface area contributed by atoms with Crippen molar-refractivity contribution < 1.29 is 19.1 Å². The molecule has 0 saturated carbocycles. The van der Waals surface area contributed by atoms with Crippen LogP contribution in [-0.2, 0) is 4.74 Å². The predicted octanol–water partition coefficient (Wildman–Crippen LogP) is 7.20. The monoisotopic (exact) mass is 490 g/mol. The molecule has 0 aliphatic heterocycles. The summed E-state index contributed by atoms with van der Waals surface area (Å²) in [7, 11) is 0. The number of benzene rings is 4. The molecule has 4 heteroatoms. The third-order valence-corrected chi connectivity index (χ3v) is 6.26. The molecule has 0 amide bonds. The second-order valence-electron chi connectivity index (χ2n) is 9.00. The Morgan fingerprint density at radius 2 is 1.24 bits per heavy atom. The van der Waals surface area contributed by atoms with Crippen LogP contribution in [0, 0.1) is 6.92 Å². The van der Waals surface area contributed by atoms with E-state index in [0.717, 1.165) is 24.0 Å². The van der Waals surface area contributed by atoms with E-state index in [-0.39, 0.29) is 17.3 Å². The van der Waals surface area contributed by atoms with Gasteiger partial charge in [-0.25, -0.2) is 0 Å². The fourth-order valence-electron chi connectivity index (χ4n) is 4.26. The molecule has 0 bridgehead atoms. The molecule has 186 valence electrons. The van der Waals surface area contributed by atoms with Gasteiger partial charge in [-0.3, -0.25) is 14.4 Å². The highest BCUT2D eigenvalue weighted by Crippen LogP contribution is 2.27. The van der Waals surface area contributed by atoms with Crippen molar-refractivity contribution in [2.45, 2.75) is 32.8 Å². The van der Waals surface area contributed by atoms with Crippen LogP contribution in [0.5, 0.6) is 0 Å². The van der Waals surface area contributed by atoms with Crippen molar-refractivity contribution in [2.75, 3.05) is 6.61 Å². The molecule has 0 radical (unpaired) electrons. The van der Waals surface area contributed by atoms with Crippen LogP contribution in [-0.4, -0.2) is 24.0 Å². The van der Waals surface area contributed by atoms with Gasteiger partial charge in [0.2, 0.25) is 0 Å². The van der Waals surface area contributed by atoms with Crippen LogP contribution in [0.25, 0.3) is 0 Å². The van der Waals surface area contributed by atoms with Crippen LogP contribution in [0.1, 0.15) is 79.2 Å². The Morgan fingerprint density at radius 1 is 0.703 bits per heavy atom. The van der Waals surface area contributed by atoms with E-state index in [2.05, 4.69) is 6.92 Å². The van der Waals surface area contributed by atoms with Crippen LogP contribution in [0.3, 0.4) is 0 Å². The van der Waals surface area contributed by atoms with Gasteiger partial charge in [0.05, 0.1) is 0 Å². The average molecular weight is 491 g/mol. The van der Waals surface area contributed by atoms with Gasteiger partial charge < -0.3 is 4.74 Å². The van der Waals surface area contributed by atoms with E-state index in [9.17, 15) is 14.4 Å². The number of ketones is 3. The Kier molecular flexibility index (Phi) is 8.55. The quantitative estimate of drug-likeness (QED) is 0.179. The van der Waals surface area contributed by atoms with Crippen molar-refractivity contribution in [2.24, 2.45) is 0 Å². The number of carbonyl (C=O) groups excluding carboxylic acids is 3. The zero-order chi connectivity index (χ0) is 26.2. The van der Waals surface area contributed by atoms with Gasteiger partial charge >= 0.3 is 0 Å². The Bertz CT molecular complexity index is 1390. The van der Waals surface area contributed by atoms with Gasteiger partial charge in [0, 0.05) is 34.4 Å². The smallest absolute Gasteiger partial charge is 0.196 e. The molecule has 37 heavy (non-hydrogen) atoms. The van der Waals surface area contributed by atoms with E-state index >= 15 is 0 Å². The van der Waals surface area contributed by atoms with Crippen molar-refractivity contribution in [1.29, 1.82) is 0 Å². The van der Waals surface area contributed by atoms with Crippen LogP contribution >= 0.6 is 0 Å². The second-order valence-corrected chi connectivity index (χ2v) is 9.00. The number of aryl methyl sites for hydroxylation is 1. The molecule has 4 aromatic carbocycles. The fraction of sp³-hybridized carbons (Fsp3) is 0.182. The summed E-state index contributed by atoms with van der Waals surface area (Å²) in [6.45, 7) is 4.63. The van der Waals surface area contributed by atoms with Gasteiger partial charge in [0.15, 0.2) is 17.3 Å². The highest BCUT2D eigenvalue weighted by Gasteiger charge is 2.28. The topological polar surface area (TPSA) is 60.4 Å². The molecule has 4 nitrogen and oxygen atoms in total. The normalized spacial score (nSPS) is 12.6. The van der Waals surface area contributed by atoms with Gasteiger partial charge in [-0.15, -0.1) is 0 Å². The predicted molar refractivity (Wildman–Crippen MR) is 145 cm³/mol. The maximum absolute atomic E-state index is 12.6. The summed E-state index contributed by atoms with van der Waals surface area (Å²) in [5.74, 6) is -0.0954. The summed E-state index contributed by atoms with van der Waals surface area (Å²) >= 11 is 0. The Labute approximate surface area is 217 Å². The summed E-state index contributed by atoms with van der Waals surface area (Å²) < 4.78 is 5.84. The van der Waals surface area contributed by atoms with E-state index in [1.807, 2.05) is 73.7 Å². The molecular weight excluding hydrogens is 460 g/mol. The zero-order valence-electron chi connectivity index (χ0n) is 21.1. The van der Waals surface area contributed by atoms with E-state index in [0.29, 0.717) is 34.4 Å². The minimum Gasteiger partial charge on any atom is -0.365 e. The largest absolute Gasteiger partial charge is 0.365 e. The Hall–Kier alpha value is -4.15. The van der Waals surface area contributed by atoms with Crippen LogP contribution < -0.4 is 0 Å². The minimum atomic E-state index is -0.509. The van der Waals surface area contributed by atoms with Gasteiger partial charge in [0.1, 0.15) is 6.10 Å². The molecule has 1 unspecified atom stereocenters. The zero-order valence-corrected chi connectivity index (χ0v) is 21.1. The number of carbonyl (C=O) groups is 3. The maximum atomic E-state index is 12.6. The van der Waals surface area contributed by atoms with Gasteiger partial charge in [-0.1, -0.05) is 116 Å². The number of ether oxygens (including phenoxy) is 1.